The number of carbonyl (C=O) groups excluding carboxylic acids is 3. The second-order valence-electron chi connectivity index (χ2n) is 6.38. The summed E-state index contributed by atoms with van der Waals surface area (Å²) >= 11 is 0. The number of anilines is 2. The molecule has 1 aliphatic heterocycles. The van der Waals surface area contributed by atoms with Crippen LogP contribution in [-0.2, 0) is 9.59 Å². The molecule has 0 spiro atoms. The first kappa shape index (κ1) is 19.8. The summed E-state index contributed by atoms with van der Waals surface area (Å²) in [5, 5.41) is 24.5. The van der Waals surface area contributed by atoms with Crippen molar-refractivity contribution in [2.75, 3.05) is 23.9 Å². The van der Waals surface area contributed by atoms with Crippen LogP contribution < -0.4 is 20.1 Å². The van der Waals surface area contributed by atoms with Crippen LogP contribution in [0, 0.1) is 16.0 Å². The molecule has 2 aromatic rings. The van der Waals surface area contributed by atoms with E-state index < -0.39 is 22.7 Å². The average Bonchev–Trinajstić information content (AvgIpc) is 3.09. The normalized spacial score (nSPS) is 15.8. The summed E-state index contributed by atoms with van der Waals surface area (Å²) in [7, 11) is 1.33. The minimum atomic E-state index is -1.37. The number of methoxy groups -OCH3 is 1. The molecule has 1 heterocycles. The number of benzene rings is 2. The Morgan fingerprint density at radius 2 is 2.00 bits per heavy atom. The van der Waals surface area contributed by atoms with Crippen LogP contribution in [0.1, 0.15) is 16.8 Å². The molecule has 0 saturated carbocycles. The lowest BCUT2D eigenvalue weighted by molar-refractivity contribution is -0.384. The van der Waals surface area contributed by atoms with Crippen LogP contribution >= 0.6 is 0 Å². The third kappa shape index (κ3) is 4.15. The largest absolute Gasteiger partial charge is 0.545 e. The highest BCUT2D eigenvalue weighted by Crippen LogP contribution is 2.36. The smallest absolute Gasteiger partial charge is 0.273 e. The van der Waals surface area contributed by atoms with Gasteiger partial charge < -0.3 is 24.9 Å². The Morgan fingerprint density at radius 1 is 1.24 bits per heavy atom. The van der Waals surface area contributed by atoms with Gasteiger partial charge in [0.15, 0.2) is 0 Å². The van der Waals surface area contributed by atoms with Crippen molar-refractivity contribution in [1.29, 1.82) is 0 Å². The number of rotatable bonds is 6. The van der Waals surface area contributed by atoms with Gasteiger partial charge in [0.2, 0.25) is 11.8 Å². The van der Waals surface area contributed by atoms with Gasteiger partial charge in [-0.1, -0.05) is 12.1 Å². The fraction of sp³-hybridized carbons (Fsp3) is 0.211. The van der Waals surface area contributed by atoms with Crippen molar-refractivity contribution in [2.24, 2.45) is 5.92 Å². The molecule has 1 saturated heterocycles. The number of hydrogen-bond acceptors (Lipinski definition) is 7. The summed E-state index contributed by atoms with van der Waals surface area (Å²) in [4.78, 5) is 47.6. The predicted octanol–water partition coefficient (Wildman–Crippen LogP) is 0.958. The van der Waals surface area contributed by atoms with Crippen LogP contribution in [0.4, 0.5) is 17.1 Å². The van der Waals surface area contributed by atoms with Gasteiger partial charge in [0.1, 0.15) is 5.75 Å². The lowest BCUT2D eigenvalue weighted by Crippen LogP contribution is -2.28. The van der Waals surface area contributed by atoms with Crippen LogP contribution in [-0.4, -0.2) is 36.4 Å². The third-order valence-corrected chi connectivity index (χ3v) is 4.53. The van der Waals surface area contributed by atoms with Crippen molar-refractivity contribution >= 4 is 34.8 Å². The fourth-order valence-electron chi connectivity index (χ4n) is 3.09. The number of non-ortho nitro benzene ring substituents is 1. The van der Waals surface area contributed by atoms with Crippen LogP contribution in [0.5, 0.6) is 5.75 Å². The molecule has 3 rings (SSSR count). The van der Waals surface area contributed by atoms with Gasteiger partial charge in [-0.15, -0.1) is 0 Å². The highest BCUT2D eigenvalue weighted by atomic mass is 16.6. The van der Waals surface area contributed by atoms with Crippen molar-refractivity contribution in [2.45, 2.75) is 6.42 Å². The number of amides is 2. The second kappa shape index (κ2) is 7.97. The Balaban J connectivity index is 1.76. The van der Waals surface area contributed by atoms with Gasteiger partial charge in [-0.25, -0.2) is 0 Å². The fourth-order valence-corrected chi connectivity index (χ4v) is 3.09. The number of nitrogens with zero attached hydrogens (tertiary/aromatic N) is 2. The number of carboxylic acids is 1. The number of carboxylic acid groups (broad SMARTS) is 1. The number of nitro groups is 1. The average molecular weight is 398 g/mol. The molecular formula is C19H16N3O7-. The third-order valence-electron chi connectivity index (χ3n) is 4.53. The number of ether oxygens (including phenoxy) is 1. The standard InChI is InChI=1S/C19H17N3O7/c1-29-16-9-14(22(27)28)5-6-15(16)21-10-12(8-17(21)23)18(24)20-13-4-2-3-11(7-13)19(25)26/h2-7,9,12H,8,10H2,1H3,(H,20,24)(H,25,26)/p-1/t12-/m1/s1. The Hall–Kier alpha value is -3.95. The van der Waals surface area contributed by atoms with Crippen molar-refractivity contribution in [3.05, 3.63) is 58.1 Å². The number of aromatic carboxylic acids is 1. The maximum Gasteiger partial charge on any atom is 0.273 e. The van der Waals surface area contributed by atoms with Gasteiger partial charge in [-0.2, -0.15) is 0 Å². The van der Waals surface area contributed by atoms with Crippen LogP contribution in [0.3, 0.4) is 0 Å². The molecule has 150 valence electrons. The summed E-state index contributed by atoms with van der Waals surface area (Å²) in [5.41, 5.74) is 0.342. The maximum atomic E-state index is 12.5. The molecule has 1 aliphatic rings. The van der Waals surface area contributed by atoms with E-state index in [1.165, 1.54) is 54.5 Å². The van der Waals surface area contributed by atoms with E-state index in [1.54, 1.807) is 0 Å². The SMILES string of the molecule is COc1cc([N+](=O)[O-])ccc1N1C[C@H](C(=O)Nc2cccc(C(=O)[O-])c2)CC1=O. The van der Waals surface area contributed by atoms with E-state index in [0.29, 0.717) is 5.69 Å². The van der Waals surface area contributed by atoms with Gasteiger partial charge in [-0.05, 0) is 23.8 Å². The molecule has 1 N–H and O–H groups in total. The van der Waals surface area contributed by atoms with Crippen molar-refractivity contribution in [1.82, 2.24) is 0 Å². The molecule has 10 nitrogen and oxygen atoms in total. The number of carbonyl (C=O) groups is 3. The number of hydrogen-bond donors (Lipinski definition) is 1. The van der Waals surface area contributed by atoms with Gasteiger partial charge >= 0.3 is 0 Å². The summed E-state index contributed by atoms with van der Waals surface area (Å²) < 4.78 is 5.16. The molecular weight excluding hydrogens is 382 g/mol. The van der Waals surface area contributed by atoms with Crippen molar-refractivity contribution in [3.8, 4) is 5.75 Å². The quantitative estimate of drug-likeness (QED) is 0.564. The van der Waals surface area contributed by atoms with Gasteiger partial charge in [0.05, 0.1) is 35.7 Å². The Labute approximate surface area is 164 Å². The molecule has 1 atom stereocenters. The zero-order chi connectivity index (χ0) is 21.1. The number of nitro benzene ring substituents is 1. The molecule has 0 aliphatic carbocycles. The van der Waals surface area contributed by atoms with E-state index in [1.807, 2.05) is 0 Å². The summed E-state index contributed by atoms with van der Waals surface area (Å²) in [6.45, 7) is 0.0546. The summed E-state index contributed by atoms with van der Waals surface area (Å²) in [6, 6.07) is 9.46. The van der Waals surface area contributed by atoms with E-state index in [4.69, 9.17) is 4.74 Å². The zero-order valence-electron chi connectivity index (χ0n) is 15.3. The minimum absolute atomic E-state index is 0.0546. The summed E-state index contributed by atoms with van der Waals surface area (Å²) in [5.74, 6) is -2.68. The van der Waals surface area contributed by atoms with Gasteiger partial charge in [0.25, 0.3) is 5.69 Å². The lowest BCUT2D eigenvalue weighted by Gasteiger charge is -2.19. The summed E-state index contributed by atoms with van der Waals surface area (Å²) in [6.07, 6.45) is -0.0633. The monoisotopic (exact) mass is 398 g/mol. The van der Waals surface area contributed by atoms with E-state index >= 15 is 0 Å². The zero-order valence-corrected chi connectivity index (χ0v) is 15.3. The van der Waals surface area contributed by atoms with Crippen molar-refractivity contribution < 1.29 is 29.2 Å². The number of nitrogens with one attached hydrogen (secondary N) is 1. The van der Waals surface area contributed by atoms with Crippen LogP contribution in [0.25, 0.3) is 0 Å². The van der Waals surface area contributed by atoms with E-state index in [-0.39, 0.29) is 41.6 Å². The minimum Gasteiger partial charge on any atom is -0.545 e. The molecule has 0 radical (unpaired) electrons. The highest BCUT2D eigenvalue weighted by molar-refractivity contribution is 6.04. The first-order valence-electron chi connectivity index (χ1n) is 8.55. The second-order valence-corrected chi connectivity index (χ2v) is 6.38. The predicted molar refractivity (Wildman–Crippen MR) is 99.5 cm³/mol. The van der Waals surface area contributed by atoms with E-state index in [9.17, 15) is 29.6 Å². The van der Waals surface area contributed by atoms with E-state index in [2.05, 4.69) is 5.32 Å². The first-order chi connectivity index (χ1) is 13.8. The Kier molecular flexibility index (Phi) is 5.44. The van der Waals surface area contributed by atoms with Gasteiger partial charge in [-0.3, -0.25) is 19.7 Å². The molecule has 29 heavy (non-hydrogen) atoms. The van der Waals surface area contributed by atoms with E-state index in [0.717, 1.165) is 0 Å². The van der Waals surface area contributed by atoms with Crippen LogP contribution in [0.15, 0.2) is 42.5 Å². The Bertz CT molecular complexity index is 1010. The molecule has 2 amide bonds. The maximum absolute atomic E-state index is 12.5. The first-order valence-corrected chi connectivity index (χ1v) is 8.55. The molecule has 1 fully saturated rings. The Morgan fingerprint density at radius 3 is 2.66 bits per heavy atom. The van der Waals surface area contributed by atoms with Crippen molar-refractivity contribution in [3.63, 3.8) is 0 Å². The molecule has 2 aromatic carbocycles. The topological polar surface area (TPSA) is 142 Å². The van der Waals surface area contributed by atoms with Crippen LogP contribution in [0.2, 0.25) is 0 Å². The molecule has 10 heteroatoms. The molecule has 0 aromatic heterocycles. The molecule has 0 bridgehead atoms. The lowest BCUT2D eigenvalue weighted by atomic mass is 10.1. The molecule has 0 unspecified atom stereocenters. The highest BCUT2D eigenvalue weighted by Gasteiger charge is 2.36. The van der Waals surface area contributed by atoms with Gasteiger partial charge in [0, 0.05) is 24.7 Å².